The second-order valence-electron chi connectivity index (χ2n) is 4.64. The first-order chi connectivity index (χ1) is 8.22. The molecule has 2 atom stereocenters. The lowest BCUT2D eigenvalue weighted by molar-refractivity contribution is -0.648. The average Bonchev–Trinajstić information content (AvgIpc) is 2.38. The van der Waals surface area contributed by atoms with Crippen LogP contribution in [0.2, 0.25) is 0 Å². The van der Waals surface area contributed by atoms with Crippen molar-refractivity contribution in [1.29, 1.82) is 0 Å². The molecule has 0 aromatic heterocycles. The lowest BCUT2D eigenvalue weighted by Crippen LogP contribution is -2.80. The molecule has 1 rings (SSSR count). The van der Waals surface area contributed by atoms with Gasteiger partial charge in [-0.05, 0) is 13.1 Å². The van der Waals surface area contributed by atoms with Gasteiger partial charge in [-0.15, -0.1) is 0 Å². The maximum absolute atomic E-state index is 4.00. The third-order valence-corrected chi connectivity index (χ3v) is 3.49. The minimum atomic E-state index is 0.455. The van der Waals surface area contributed by atoms with Crippen LogP contribution in [0.1, 0.15) is 32.4 Å². The first kappa shape index (κ1) is 14.2. The van der Waals surface area contributed by atoms with Crippen molar-refractivity contribution in [3.63, 3.8) is 0 Å². The Balaban J connectivity index is 2.67. The molecule has 0 spiro atoms. The van der Waals surface area contributed by atoms with Crippen molar-refractivity contribution in [2.75, 3.05) is 19.6 Å². The van der Waals surface area contributed by atoms with E-state index in [1.165, 1.54) is 5.56 Å². The molecule has 1 aromatic carbocycles. The summed E-state index contributed by atoms with van der Waals surface area (Å²) in [5.41, 5.74) is 1.38. The fraction of sp³-hybridized carbons (Fsp3) is 0.533. The highest BCUT2D eigenvalue weighted by Gasteiger charge is 2.20. The first-order valence-electron chi connectivity index (χ1n) is 6.62. The minimum absolute atomic E-state index is 0.455. The summed E-state index contributed by atoms with van der Waals surface area (Å²) in [6.07, 6.45) is 0. The Kier molecular flexibility index (Phi) is 6.23. The van der Waals surface area contributed by atoms with E-state index in [9.17, 15) is 0 Å². The third kappa shape index (κ3) is 4.14. The minimum Gasteiger partial charge on any atom is -0.472 e. The summed E-state index contributed by atoms with van der Waals surface area (Å²) in [5, 5.41) is 2.09. The highest BCUT2D eigenvalue weighted by Crippen LogP contribution is 2.18. The van der Waals surface area contributed by atoms with Gasteiger partial charge in [0.15, 0.2) is 0 Å². The summed E-state index contributed by atoms with van der Waals surface area (Å²) < 4.78 is 0. The molecule has 0 aliphatic rings. The van der Waals surface area contributed by atoms with Crippen LogP contribution in [0.4, 0.5) is 0 Å². The van der Waals surface area contributed by atoms with Crippen molar-refractivity contribution < 1.29 is 5.32 Å². The number of hydrogen-bond donors (Lipinski definition) is 1. The van der Waals surface area contributed by atoms with E-state index in [1.807, 2.05) is 0 Å². The lowest BCUT2D eigenvalue weighted by Gasteiger charge is -2.28. The Morgan fingerprint density at radius 2 is 1.76 bits per heavy atom. The van der Waals surface area contributed by atoms with Crippen LogP contribution in [-0.4, -0.2) is 24.5 Å². The van der Waals surface area contributed by atoms with E-state index in [2.05, 4.69) is 68.4 Å². The average molecular weight is 234 g/mol. The van der Waals surface area contributed by atoms with Gasteiger partial charge in [0.2, 0.25) is 0 Å². The van der Waals surface area contributed by atoms with Gasteiger partial charge in [0.05, 0.1) is 6.04 Å². The second-order valence-corrected chi connectivity index (χ2v) is 4.64. The molecular weight excluding hydrogens is 208 g/mol. The van der Waals surface area contributed by atoms with Crippen molar-refractivity contribution in [1.82, 2.24) is 4.90 Å². The SMILES string of the molecule is [CH2-][NH2+][C@@H](c1ccccc1)[C@@H](C)CN(CC)CC. The highest BCUT2D eigenvalue weighted by atomic mass is 15.1. The van der Waals surface area contributed by atoms with Gasteiger partial charge in [-0.25, -0.2) is 0 Å². The van der Waals surface area contributed by atoms with Crippen molar-refractivity contribution in [2.45, 2.75) is 26.8 Å². The zero-order chi connectivity index (χ0) is 12.7. The molecule has 2 N–H and O–H groups in total. The molecule has 17 heavy (non-hydrogen) atoms. The van der Waals surface area contributed by atoms with Crippen molar-refractivity contribution >= 4 is 0 Å². The largest absolute Gasteiger partial charge is 0.472 e. The normalized spacial score (nSPS) is 14.9. The molecule has 0 bridgehead atoms. The van der Waals surface area contributed by atoms with Gasteiger partial charge in [0.1, 0.15) is 0 Å². The van der Waals surface area contributed by atoms with Crippen LogP contribution < -0.4 is 5.32 Å². The van der Waals surface area contributed by atoms with E-state index in [4.69, 9.17) is 0 Å². The van der Waals surface area contributed by atoms with Gasteiger partial charge >= 0.3 is 0 Å². The zero-order valence-corrected chi connectivity index (χ0v) is 11.4. The molecule has 0 heterocycles. The number of nitrogens with two attached hydrogens (primary N) is 1. The second kappa shape index (κ2) is 7.46. The van der Waals surface area contributed by atoms with Gasteiger partial charge in [-0.1, -0.05) is 51.1 Å². The predicted molar refractivity (Wildman–Crippen MR) is 73.4 cm³/mol. The number of rotatable bonds is 7. The van der Waals surface area contributed by atoms with E-state index in [0.717, 1.165) is 19.6 Å². The standard InChI is InChI=1S/C15H26N2/c1-5-17(6-2)12-13(3)15(16-4)14-10-8-7-9-11-14/h7-11,13,15H,4-6,12,16H2,1-3H3/t13-,15+/m0/s1. The molecule has 96 valence electrons. The molecule has 2 nitrogen and oxygen atoms in total. The summed E-state index contributed by atoms with van der Waals surface area (Å²) in [7, 11) is 4.00. The fourth-order valence-electron chi connectivity index (χ4n) is 2.37. The first-order valence-corrected chi connectivity index (χ1v) is 6.62. The Hall–Kier alpha value is -0.860. The molecule has 2 heteroatoms. The predicted octanol–water partition coefficient (Wildman–Crippen LogP) is 2.06. The Morgan fingerprint density at radius 1 is 1.18 bits per heavy atom. The van der Waals surface area contributed by atoms with Gasteiger partial charge in [0.25, 0.3) is 0 Å². The molecule has 0 fully saturated rings. The maximum atomic E-state index is 4.00. The molecule has 0 saturated carbocycles. The van der Waals surface area contributed by atoms with E-state index in [-0.39, 0.29) is 0 Å². The summed E-state index contributed by atoms with van der Waals surface area (Å²) >= 11 is 0. The zero-order valence-electron chi connectivity index (χ0n) is 11.4. The van der Waals surface area contributed by atoms with Crippen molar-refractivity contribution in [3.8, 4) is 0 Å². The van der Waals surface area contributed by atoms with Crippen LogP contribution in [0.25, 0.3) is 0 Å². The Labute approximate surface area is 106 Å². The number of hydrogen-bond acceptors (Lipinski definition) is 1. The third-order valence-electron chi connectivity index (χ3n) is 3.49. The number of quaternary nitrogens is 1. The summed E-state index contributed by atoms with van der Waals surface area (Å²) in [5.74, 6) is 0.606. The van der Waals surface area contributed by atoms with E-state index in [0.29, 0.717) is 12.0 Å². The van der Waals surface area contributed by atoms with E-state index >= 15 is 0 Å². The molecule has 0 aliphatic heterocycles. The van der Waals surface area contributed by atoms with Crippen LogP contribution in [0.5, 0.6) is 0 Å². The van der Waals surface area contributed by atoms with Crippen LogP contribution in [0.15, 0.2) is 30.3 Å². The van der Waals surface area contributed by atoms with Crippen molar-refractivity contribution in [2.24, 2.45) is 5.92 Å². The van der Waals surface area contributed by atoms with Gasteiger partial charge < -0.3 is 10.2 Å². The van der Waals surface area contributed by atoms with Gasteiger partial charge in [0, 0.05) is 18.0 Å². The lowest BCUT2D eigenvalue weighted by atomic mass is 9.94. The smallest absolute Gasteiger partial charge is 0.0914 e. The topological polar surface area (TPSA) is 19.9 Å². The van der Waals surface area contributed by atoms with Gasteiger partial charge in [-0.2, -0.15) is 7.05 Å². The molecule has 0 amide bonds. The molecular formula is C15H26N2. The van der Waals surface area contributed by atoms with Crippen LogP contribution in [0, 0.1) is 13.0 Å². The number of nitrogens with zero attached hydrogens (tertiary/aromatic N) is 1. The summed E-state index contributed by atoms with van der Waals surface area (Å²) in [6.45, 7) is 10.2. The number of benzene rings is 1. The maximum Gasteiger partial charge on any atom is 0.0914 e. The Morgan fingerprint density at radius 3 is 2.24 bits per heavy atom. The molecule has 0 aliphatic carbocycles. The monoisotopic (exact) mass is 234 g/mol. The molecule has 0 unspecified atom stereocenters. The highest BCUT2D eigenvalue weighted by molar-refractivity contribution is 5.17. The fourth-order valence-corrected chi connectivity index (χ4v) is 2.37. The molecule has 0 saturated heterocycles. The molecule has 0 radical (unpaired) electrons. The van der Waals surface area contributed by atoms with Crippen molar-refractivity contribution in [3.05, 3.63) is 42.9 Å². The summed E-state index contributed by atoms with van der Waals surface area (Å²) in [4.78, 5) is 2.48. The van der Waals surface area contributed by atoms with E-state index < -0.39 is 0 Å². The van der Waals surface area contributed by atoms with E-state index in [1.54, 1.807) is 0 Å². The van der Waals surface area contributed by atoms with Crippen LogP contribution in [0.3, 0.4) is 0 Å². The van der Waals surface area contributed by atoms with Crippen LogP contribution >= 0.6 is 0 Å². The van der Waals surface area contributed by atoms with Gasteiger partial charge in [-0.3, -0.25) is 0 Å². The Bertz CT molecular complexity index is 293. The summed E-state index contributed by atoms with van der Waals surface area (Å²) in [6, 6.07) is 11.1. The van der Waals surface area contributed by atoms with Crippen LogP contribution in [-0.2, 0) is 0 Å². The molecule has 1 aromatic rings. The quantitative estimate of drug-likeness (QED) is 0.716.